The van der Waals surface area contributed by atoms with E-state index in [1.807, 2.05) is 18.2 Å². The highest BCUT2D eigenvalue weighted by Gasteiger charge is 2.51. The van der Waals surface area contributed by atoms with Gasteiger partial charge >= 0.3 is 0 Å². The van der Waals surface area contributed by atoms with Crippen LogP contribution in [0.15, 0.2) is 67.0 Å². The van der Waals surface area contributed by atoms with Crippen molar-refractivity contribution in [2.24, 2.45) is 5.73 Å². The van der Waals surface area contributed by atoms with Gasteiger partial charge in [-0.1, -0.05) is 12.1 Å². The Kier molecular flexibility index (Phi) is 6.02. The quantitative estimate of drug-likeness (QED) is 0.615. The summed E-state index contributed by atoms with van der Waals surface area (Å²) in [5, 5.41) is 0. The molecule has 1 atom stereocenters. The average molecular weight is 432 g/mol. The molecule has 0 saturated carbocycles. The summed E-state index contributed by atoms with van der Waals surface area (Å²) in [5.74, 6) is -0.0126. The van der Waals surface area contributed by atoms with Crippen molar-refractivity contribution in [2.75, 3.05) is 13.7 Å². The first-order valence-electron chi connectivity index (χ1n) is 10.3. The maximum absolute atomic E-state index is 13.5. The minimum absolute atomic E-state index is 0.265. The second kappa shape index (κ2) is 9.05. The lowest BCUT2D eigenvalue weighted by Gasteiger charge is -2.35. The number of ether oxygens (including phenoxy) is 2. The van der Waals surface area contributed by atoms with Gasteiger partial charge in [-0.25, -0.2) is 0 Å². The molecule has 3 aromatic rings. The van der Waals surface area contributed by atoms with Crippen LogP contribution in [-0.4, -0.2) is 40.3 Å². The Balaban J connectivity index is 1.61. The van der Waals surface area contributed by atoms with E-state index in [0.29, 0.717) is 42.1 Å². The molecule has 0 spiro atoms. The van der Waals surface area contributed by atoms with Crippen LogP contribution in [0.25, 0.3) is 0 Å². The van der Waals surface area contributed by atoms with Crippen molar-refractivity contribution in [2.45, 2.75) is 25.0 Å². The van der Waals surface area contributed by atoms with Gasteiger partial charge in [0.05, 0.1) is 18.5 Å². The fourth-order valence-corrected chi connectivity index (χ4v) is 4.06. The van der Waals surface area contributed by atoms with E-state index in [4.69, 9.17) is 15.2 Å². The molecule has 0 aliphatic carbocycles. The number of pyridine rings is 2. The fraction of sp³-hybridized carbons (Fsp3) is 0.250. The Bertz CT molecular complexity index is 1110. The number of aromatic nitrogens is 2. The molecule has 2 N–H and O–H groups in total. The molecule has 8 heteroatoms. The number of carbonyl (C=O) groups excluding carboxylic acids is 2. The number of hydrogen-bond acceptors (Lipinski definition) is 6. The summed E-state index contributed by atoms with van der Waals surface area (Å²) < 4.78 is 11.3. The number of hydrogen-bond donors (Lipinski definition) is 1. The van der Waals surface area contributed by atoms with E-state index in [1.54, 1.807) is 48.8 Å². The number of nitrogens with two attached hydrogens (primary N) is 1. The van der Waals surface area contributed by atoms with E-state index in [0.717, 1.165) is 5.69 Å². The number of amides is 2. The molecule has 1 aliphatic rings. The molecule has 0 radical (unpaired) electrons. The molecule has 4 rings (SSSR count). The first-order chi connectivity index (χ1) is 15.6. The summed E-state index contributed by atoms with van der Waals surface area (Å²) in [5.41, 5.74) is 6.16. The molecule has 8 nitrogen and oxygen atoms in total. The molecule has 164 valence electrons. The molecular formula is C24H24N4O4. The van der Waals surface area contributed by atoms with Crippen LogP contribution in [0.2, 0.25) is 0 Å². The van der Waals surface area contributed by atoms with Crippen LogP contribution in [-0.2, 0) is 16.9 Å². The lowest BCUT2D eigenvalue weighted by atomic mass is 9.90. The Morgan fingerprint density at radius 3 is 2.50 bits per heavy atom. The van der Waals surface area contributed by atoms with Crippen LogP contribution in [0.4, 0.5) is 0 Å². The molecule has 2 amide bonds. The first kappa shape index (κ1) is 21.3. The number of rotatable bonds is 7. The van der Waals surface area contributed by atoms with Gasteiger partial charge in [-0.2, -0.15) is 0 Å². The molecule has 1 aromatic carbocycles. The molecule has 1 fully saturated rings. The standard InChI is InChI=1S/C24H24N4O4/c1-31-20-15-17(9-10-19(20)32-16-18-7-2-4-12-26-18)22(29)28-14-6-11-24(28,23(25)30)21-8-3-5-13-27-21/h2-5,7-10,12-13,15H,6,11,14,16H2,1H3,(H2,25,30)/t24-/m1/s1. The highest BCUT2D eigenvalue weighted by atomic mass is 16.5. The molecule has 0 bridgehead atoms. The van der Waals surface area contributed by atoms with Crippen LogP contribution in [0, 0.1) is 0 Å². The van der Waals surface area contributed by atoms with Crippen LogP contribution < -0.4 is 15.2 Å². The van der Waals surface area contributed by atoms with Gasteiger partial charge in [0, 0.05) is 24.5 Å². The predicted octanol–water partition coefficient (Wildman–Crippen LogP) is 2.68. The van der Waals surface area contributed by atoms with Crippen molar-refractivity contribution in [1.82, 2.24) is 14.9 Å². The largest absolute Gasteiger partial charge is 0.493 e. The predicted molar refractivity (Wildman–Crippen MR) is 117 cm³/mol. The van der Waals surface area contributed by atoms with Crippen molar-refractivity contribution in [1.29, 1.82) is 0 Å². The third-order valence-corrected chi connectivity index (χ3v) is 5.63. The van der Waals surface area contributed by atoms with Crippen molar-refractivity contribution in [3.05, 3.63) is 83.9 Å². The Labute approximate surface area is 186 Å². The molecule has 1 saturated heterocycles. The van der Waals surface area contributed by atoms with Crippen molar-refractivity contribution in [3.63, 3.8) is 0 Å². The van der Waals surface area contributed by atoms with E-state index in [2.05, 4.69) is 9.97 Å². The van der Waals surface area contributed by atoms with Crippen LogP contribution in [0.3, 0.4) is 0 Å². The van der Waals surface area contributed by atoms with Crippen LogP contribution >= 0.6 is 0 Å². The Morgan fingerprint density at radius 2 is 1.84 bits per heavy atom. The van der Waals surface area contributed by atoms with Crippen LogP contribution in [0.1, 0.15) is 34.6 Å². The van der Waals surface area contributed by atoms with E-state index in [9.17, 15) is 9.59 Å². The number of benzene rings is 1. The first-order valence-corrected chi connectivity index (χ1v) is 10.3. The van der Waals surface area contributed by atoms with Gasteiger partial charge in [0.1, 0.15) is 6.61 Å². The van der Waals surface area contributed by atoms with Crippen molar-refractivity contribution < 1.29 is 19.1 Å². The van der Waals surface area contributed by atoms with Gasteiger partial charge in [0.25, 0.3) is 5.91 Å². The maximum atomic E-state index is 13.5. The van der Waals surface area contributed by atoms with Gasteiger partial charge in [0.15, 0.2) is 17.0 Å². The van der Waals surface area contributed by atoms with Gasteiger partial charge in [0.2, 0.25) is 5.91 Å². The Morgan fingerprint density at radius 1 is 1.06 bits per heavy atom. The maximum Gasteiger partial charge on any atom is 0.255 e. The minimum atomic E-state index is -1.28. The van der Waals surface area contributed by atoms with Crippen LogP contribution in [0.5, 0.6) is 11.5 Å². The molecule has 2 aromatic heterocycles. The molecular weight excluding hydrogens is 408 g/mol. The topological polar surface area (TPSA) is 108 Å². The van der Waals surface area contributed by atoms with Gasteiger partial charge in [-0.05, 0) is 55.3 Å². The average Bonchev–Trinajstić information content (AvgIpc) is 3.30. The molecule has 0 unspecified atom stereocenters. The second-order valence-electron chi connectivity index (χ2n) is 7.48. The molecule has 3 heterocycles. The van der Waals surface area contributed by atoms with Crippen molar-refractivity contribution >= 4 is 11.8 Å². The third kappa shape index (κ3) is 3.87. The zero-order valence-electron chi connectivity index (χ0n) is 17.7. The normalized spacial score (nSPS) is 17.7. The summed E-state index contributed by atoms with van der Waals surface area (Å²) in [6.07, 6.45) is 4.36. The Hall–Kier alpha value is -3.94. The zero-order chi connectivity index (χ0) is 22.6. The number of nitrogens with zero attached hydrogens (tertiary/aromatic N) is 3. The third-order valence-electron chi connectivity index (χ3n) is 5.63. The molecule has 32 heavy (non-hydrogen) atoms. The SMILES string of the molecule is COc1cc(C(=O)N2CCC[C@]2(C(N)=O)c2ccccn2)ccc1OCc1ccccn1. The lowest BCUT2D eigenvalue weighted by molar-refractivity contribution is -0.128. The van der Waals surface area contributed by atoms with E-state index >= 15 is 0 Å². The van der Waals surface area contributed by atoms with Gasteiger partial charge in [-0.3, -0.25) is 19.6 Å². The summed E-state index contributed by atoms with van der Waals surface area (Å²) >= 11 is 0. The summed E-state index contributed by atoms with van der Waals surface area (Å²) in [6, 6.07) is 15.8. The lowest BCUT2D eigenvalue weighted by Crippen LogP contribution is -2.54. The minimum Gasteiger partial charge on any atom is -0.493 e. The van der Waals surface area contributed by atoms with Gasteiger partial charge < -0.3 is 20.1 Å². The van der Waals surface area contributed by atoms with Crippen molar-refractivity contribution in [3.8, 4) is 11.5 Å². The second-order valence-corrected chi connectivity index (χ2v) is 7.48. The number of primary amides is 1. The van der Waals surface area contributed by atoms with E-state index < -0.39 is 11.4 Å². The van der Waals surface area contributed by atoms with E-state index in [1.165, 1.54) is 12.0 Å². The van der Waals surface area contributed by atoms with E-state index in [-0.39, 0.29) is 12.5 Å². The monoisotopic (exact) mass is 432 g/mol. The number of methoxy groups -OCH3 is 1. The highest BCUT2D eigenvalue weighted by Crippen LogP contribution is 2.39. The molecule has 1 aliphatic heterocycles. The number of carbonyl (C=O) groups is 2. The highest BCUT2D eigenvalue weighted by molar-refractivity contribution is 6.00. The smallest absolute Gasteiger partial charge is 0.255 e. The summed E-state index contributed by atoms with van der Waals surface area (Å²) in [4.78, 5) is 36.2. The zero-order valence-corrected chi connectivity index (χ0v) is 17.7. The summed E-state index contributed by atoms with van der Waals surface area (Å²) in [7, 11) is 1.51. The number of likely N-dealkylation sites (tertiary alicyclic amines) is 1. The van der Waals surface area contributed by atoms with Gasteiger partial charge in [-0.15, -0.1) is 0 Å². The summed E-state index contributed by atoms with van der Waals surface area (Å²) in [6.45, 7) is 0.666. The fourth-order valence-electron chi connectivity index (χ4n) is 4.06.